The van der Waals surface area contributed by atoms with E-state index in [4.69, 9.17) is 17.3 Å². The van der Waals surface area contributed by atoms with Crippen molar-refractivity contribution in [1.29, 1.82) is 0 Å². The number of rotatable bonds is 3. The van der Waals surface area contributed by atoms with Gasteiger partial charge in [0.1, 0.15) is 0 Å². The second-order valence-corrected chi connectivity index (χ2v) is 4.47. The molecule has 3 heteroatoms. The van der Waals surface area contributed by atoms with Crippen molar-refractivity contribution < 1.29 is 0 Å². The summed E-state index contributed by atoms with van der Waals surface area (Å²) >= 11 is 5.88. The predicted molar refractivity (Wildman–Crippen MR) is 64.1 cm³/mol. The van der Waals surface area contributed by atoms with E-state index in [2.05, 4.69) is 17.0 Å². The number of hydrogen-bond donors (Lipinski definition) is 1. The van der Waals surface area contributed by atoms with Crippen molar-refractivity contribution in [2.24, 2.45) is 5.73 Å². The first-order valence-corrected chi connectivity index (χ1v) is 5.88. The maximum absolute atomic E-state index is 5.88. The Hall–Kier alpha value is -0.570. The quantitative estimate of drug-likeness (QED) is 0.855. The molecule has 1 aromatic carbocycles. The Labute approximate surface area is 96.0 Å². The van der Waals surface area contributed by atoms with Gasteiger partial charge in [0.05, 0.1) is 0 Å². The molecule has 1 unspecified atom stereocenters. The molecule has 82 valence electrons. The van der Waals surface area contributed by atoms with Crippen LogP contribution in [0.3, 0.4) is 0 Å². The highest BCUT2D eigenvalue weighted by molar-refractivity contribution is 6.30. The standard InChI is InChI=1S/C12H17ClN2/c13-11-5-3-10(4-6-11)12-2-1-8-15(12)9-7-14/h3-6,12H,1-2,7-9,14H2. The zero-order valence-electron chi connectivity index (χ0n) is 8.82. The maximum Gasteiger partial charge on any atom is 0.0406 e. The van der Waals surface area contributed by atoms with Crippen molar-refractivity contribution in [3.05, 3.63) is 34.9 Å². The number of nitrogens with two attached hydrogens (primary N) is 1. The first-order valence-electron chi connectivity index (χ1n) is 5.51. The summed E-state index contributed by atoms with van der Waals surface area (Å²) in [6.07, 6.45) is 2.51. The smallest absolute Gasteiger partial charge is 0.0406 e. The summed E-state index contributed by atoms with van der Waals surface area (Å²) in [5.74, 6) is 0. The molecule has 0 amide bonds. The molecule has 2 nitrogen and oxygen atoms in total. The molecule has 1 atom stereocenters. The molecule has 15 heavy (non-hydrogen) atoms. The molecule has 1 saturated heterocycles. The van der Waals surface area contributed by atoms with Gasteiger partial charge < -0.3 is 5.73 Å². The van der Waals surface area contributed by atoms with E-state index in [0.29, 0.717) is 6.04 Å². The van der Waals surface area contributed by atoms with Gasteiger partial charge in [-0.1, -0.05) is 23.7 Å². The van der Waals surface area contributed by atoms with E-state index in [1.807, 2.05) is 12.1 Å². The van der Waals surface area contributed by atoms with E-state index in [0.717, 1.165) is 18.1 Å². The van der Waals surface area contributed by atoms with Crippen molar-refractivity contribution in [2.75, 3.05) is 19.6 Å². The van der Waals surface area contributed by atoms with E-state index in [-0.39, 0.29) is 0 Å². The molecular formula is C12H17ClN2. The molecule has 1 heterocycles. The lowest BCUT2D eigenvalue weighted by Gasteiger charge is -2.24. The van der Waals surface area contributed by atoms with Crippen LogP contribution >= 0.6 is 11.6 Å². The Balaban J connectivity index is 2.11. The van der Waals surface area contributed by atoms with Crippen LogP contribution in [0, 0.1) is 0 Å². The van der Waals surface area contributed by atoms with E-state index >= 15 is 0 Å². The highest BCUT2D eigenvalue weighted by atomic mass is 35.5. The largest absolute Gasteiger partial charge is 0.329 e. The Morgan fingerprint density at radius 3 is 2.73 bits per heavy atom. The van der Waals surface area contributed by atoms with Crippen LogP contribution in [0.1, 0.15) is 24.4 Å². The zero-order valence-corrected chi connectivity index (χ0v) is 9.58. The van der Waals surface area contributed by atoms with Gasteiger partial charge in [0, 0.05) is 24.2 Å². The summed E-state index contributed by atoms with van der Waals surface area (Å²) in [5, 5.41) is 0.808. The van der Waals surface area contributed by atoms with Gasteiger partial charge >= 0.3 is 0 Å². The molecule has 1 aliphatic heterocycles. The maximum atomic E-state index is 5.88. The minimum absolute atomic E-state index is 0.547. The SMILES string of the molecule is NCCN1CCCC1c1ccc(Cl)cc1. The lowest BCUT2D eigenvalue weighted by molar-refractivity contribution is 0.265. The third-order valence-corrected chi connectivity index (χ3v) is 3.29. The van der Waals surface area contributed by atoms with Crippen LogP contribution in [0.15, 0.2) is 24.3 Å². The lowest BCUT2D eigenvalue weighted by Crippen LogP contribution is -2.29. The first-order chi connectivity index (χ1) is 7.31. The van der Waals surface area contributed by atoms with E-state index in [9.17, 15) is 0 Å². The molecule has 1 fully saturated rings. The normalized spacial score (nSPS) is 22.1. The molecule has 2 N–H and O–H groups in total. The molecule has 0 bridgehead atoms. The van der Waals surface area contributed by atoms with Gasteiger partial charge in [-0.15, -0.1) is 0 Å². The highest BCUT2D eigenvalue weighted by Gasteiger charge is 2.24. The highest BCUT2D eigenvalue weighted by Crippen LogP contribution is 2.31. The molecule has 0 spiro atoms. The van der Waals surface area contributed by atoms with Crippen LogP contribution in [0.25, 0.3) is 0 Å². The summed E-state index contributed by atoms with van der Waals surface area (Å²) < 4.78 is 0. The average molecular weight is 225 g/mol. The van der Waals surface area contributed by atoms with Crippen LogP contribution < -0.4 is 5.73 Å². The fourth-order valence-corrected chi connectivity index (χ4v) is 2.45. The minimum Gasteiger partial charge on any atom is -0.329 e. The van der Waals surface area contributed by atoms with Crippen molar-refractivity contribution in [3.63, 3.8) is 0 Å². The van der Waals surface area contributed by atoms with E-state index in [1.165, 1.54) is 24.9 Å². The van der Waals surface area contributed by atoms with Gasteiger partial charge in [-0.2, -0.15) is 0 Å². The molecule has 1 aliphatic rings. The minimum atomic E-state index is 0.547. The molecule has 0 aliphatic carbocycles. The first kappa shape index (κ1) is 10.9. The van der Waals surface area contributed by atoms with Gasteiger partial charge in [0.15, 0.2) is 0 Å². The van der Waals surface area contributed by atoms with Crippen LogP contribution in [0.4, 0.5) is 0 Å². The topological polar surface area (TPSA) is 29.3 Å². The summed E-state index contributed by atoms with van der Waals surface area (Å²) in [6, 6.07) is 8.74. The van der Waals surface area contributed by atoms with Gasteiger partial charge in [0.25, 0.3) is 0 Å². The summed E-state index contributed by atoms with van der Waals surface area (Å²) in [4.78, 5) is 2.46. The molecule has 1 aromatic rings. The number of benzene rings is 1. The molecule has 2 rings (SSSR count). The zero-order chi connectivity index (χ0) is 10.7. The van der Waals surface area contributed by atoms with Crippen LogP contribution in [0.5, 0.6) is 0 Å². The number of hydrogen-bond acceptors (Lipinski definition) is 2. The van der Waals surface area contributed by atoms with Crippen molar-refractivity contribution >= 4 is 11.6 Å². The van der Waals surface area contributed by atoms with E-state index < -0.39 is 0 Å². The van der Waals surface area contributed by atoms with Crippen molar-refractivity contribution in [2.45, 2.75) is 18.9 Å². The van der Waals surface area contributed by atoms with E-state index in [1.54, 1.807) is 0 Å². The predicted octanol–water partition coefficient (Wildman–Crippen LogP) is 2.44. The second kappa shape index (κ2) is 4.97. The lowest BCUT2D eigenvalue weighted by atomic mass is 10.0. The van der Waals surface area contributed by atoms with Gasteiger partial charge in [-0.3, -0.25) is 4.90 Å². The monoisotopic (exact) mass is 224 g/mol. The number of likely N-dealkylation sites (tertiary alicyclic amines) is 1. The van der Waals surface area contributed by atoms with Crippen LogP contribution in [0.2, 0.25) is 5.02 Å². The van der Waals surface area contributed by atoms with Crippen molar-refractivity contribution in [1.82, 2.24) is 4.90 Å². The number of nitrogens with zero attached hydrogens (tertiary/aromatic N) is 1. The van der Waals surface area contributed by atoms with Gasteiger partial charge in [-0.05, 0) is 37.1 Å². The summed E-state index contributed by atoms with van der Waals surface area (Å²) in [7, 11) is 0. The van der Waals surface area contributed by atoms with Gasteiger partial charge in [0.2, 0.25) is 0 Å². The molecular weight excluding hydrogens is 208 g/mol. The summed E-state index contributed by atoms with van der Waals surface area (Å²) in [5.41, 5.74) is 6.98. The van der Waals surface area contributed by atoms with Gasteiger partial charge in [-0.25, -0.2) is 0 Å². The third kappa shape index (κ3) is 2.51. The van der Waals surface area contributed by atoms with Crippen LogP contribution in [-0.2, 0) is 0 Å². The Kier molecular flexibility index (Phi) is 3.62. The average Bonchev–Trinajstić information content (AvgIpc) is 2.68. The Bertz CT molecular complexity index is 310. The Morgan fingerprint density at radius 1 is 1.33 bits per heavy atom. The Morgan fingerprint density at radius 2 is 2.07 bits per heavy atom. The molecule has 0 aromatic heterocycles. The third-order valence-electron chi connectivity index (χ3n) is 3.03. The second-order valence-electron chi connectivity index (χ2n) is 4.03. The molecule has 0 radical (unpaired) electrons. The summed E-state index contributed by atoms with van der Waals surface area (Å²) in [6.45, 7) is 2.90. The fraction of sp³-hybridized carbons (Fsp3) is 0.500. The number of halogens is 1. The molecule has 0 saturated carbocycles. The fourth-order valence-electron chi connectivity index (χ4n) is 2.32. The van der Waals surface area contributed by atoms with Crippen molar-refractivity contribution in [3.8, 4) is 0 Å². The van der Waals surface area contributed by atoms with Crippen LogP contribution in [-0.4, -0.2) is 24.5 Å².